The predicted octanol–water partition coefficient (Wildman–Crippen LogP) is 4.10. The zero-order valence-corrected chi connectivity index (χ0v) is 11.8. The van der Waals surface area contributed by atoms with E-state index >= 15 is 0 Å². The third kappa shape index (κ3) is 2.19. The van der Waals surface area contributed by atoms with Gasteiger partial charge in [-0.1, -0.05) is 24.3 Å². The fourth-order valence-corrected chi connectivity index (χ4v) is 2.87. The van der Waals surface area contributed by atoms with Crippen molar-refractivity contribution in [2.75, 3.05) is 11.9 Å². The molecular weight excluding hydrogens is 254 g/mol. The van der Waals surface area contributed by atoms with E-state index in [1.165, 1.54) is 4.88 Å². The first-order chi connectivity index (χ1) is 9.29. The van der Waals surface area contributed by atoms with E-state index < -0.39 is 0 Å². The molecule has 0 aliphatic carbocycles. The van der Waals surface area contributed by atoms with Crippen LogP contribution in [0.3, 0.4) is 0 Å². The van der Waals surface area contributed by atoms with Gasteiger partial charge < -0.3 is 5.32 Å². The molecule has 1 N–H and O–H groups in total. The van der Waals surface area contributed by atoms with Gasteiger partial charge in [-0.15, -0.1) is 21.5 Å². The number of aromatic nitrogens is 2. The summed E-state index contributed by atoms with van der Waals surface area (Å²) in [6.07, 6.45) is 0. The lowest BCUT2D eigenvalue weighted by atomic mass is 10.1. The van der Waals surface area contributed by atoms with Crippen LogP contribution in [-0.4, -0.2) is 16.7 Å². The molecule has 3 nitrogen and oxygen atoms in total. The van der Waals surface area contributed by atoms with Crippen LogP contribution in [0, 0.1) is 6.92 Å². The summed E-state index contributed by atoms with van der Waals surface area (Å²) in [4.78, 5) is 1.29. The lowest BCUT2D eigenvalue weighted by Gasteiger charge is -2.08. The van der Waals surface area contributed by atoms with Crippen LogP contribution in [0.5, 0.6) is 0 Å². The molecule has 3 aromatic rings. The van der Waals surface area contributed by atoms with Gasteiger partial charge in [0, 0.05) is 33.1 Å². The van der Waals surface area contributed by atoms with Gasteiger partial charge in [0.05, 0.1) is 0 Å². The molecule has 0 aliphatic rings. The topological polar surface area (TPSA) is 37.8 Å². The summed E-state index contributed by atoms with van der Waals surface area (Å²) in [5.74, 6) is 0.855. The van der Waals surface area contributed by atoms with Crippen molar-refractivity contribution in [1.82, 2.24) is 10.2 Å². The molecule has 0 saturated heterocycles. The summed E-state index contributed by atoms with van der Waals surface area (Å²) in [5, 5.41) is 16.4. The van der Waals surface area contributed by atoms with Gasteiger partial charge in [-0.3, -0.25) is 0 Å². The molecule has 0 amide bonds. The molecule has 2 heterocycles. The van der Waals surface area contributed by atoms with E-state index in [-0.39, 0.29) is 0 Å². The average Bonchev–Trinajstić information content (AvgIpc) is 2.86. The maximum atomic E-state index is 4.40. The Morgan fingerprint density at radius 3 is 2.63 bits per heavy atom. The van der Waals surface area contributed by atoms with E-state index in [9.17, 15) is 0 Å². The Kier molecular flexibility index (Phi) is 3.17. The second-order valence-corrected chi connectivity index (χ2v) is 5.53. The quantitative estimate of drug-likeness (QED) is 0.778. The molecule has 3 rings (SSSR count). The Bertz CT molecular complexity index is 718. The number of nitrogens with zero attached hydrogens (tertiary/aromatic N) is 2. The van der Waals surface area contributed by atoms with Gasteiger partial charge in [0.25, 0.3) is 0 Å². The maximum absolute atomic E-state index is 4.40. The van der Waals surface area contributed by atoms with Gasteiger partial charge in [0.1, 0.15) is 5.69 Å². The molecule has 1 aromatic carbocycles. The van der Waals surface area contributed by atoms with Crippen LogP contribution in [0.2, 0.25) is 0 Å². The molecule has 0 unspecified atom stereocenters. The van der Waals surface area contributed by atoms with Crippen molar-refractivity contribution in [1.29, 1.82) is 0 Å². The summed E-state index contributed by atoms with van der Waals surface area (Å²) in [6, 6.07) is 10.4. The van der Waals surface area contributed by atoms with Gasteiger partial charge in [-0.05, 0) is 19.9 Å². The Morgan fingerprint density at radius 2 is 1.95 bits per heavy atom. The molecular formula is C15H15N3S. The van der Waals surface area contributed by atoms with E-state index in [0.717, 1.165) is 34.4 Å². The Labute approximate surface area is 116 Å². The van der Waals surface area contributed by atoms with E-state index in [2.05, 4.69) is 52.9 Å². The fraction of sp³-hybridized carbons (Fsp3) is 0.200. The average molecular weight is 269 g/mol. The minimum Gasteiger partial charge on any atom is -0.368 e. The number of nitrogens with one attached hydrogen (secondary N) is 1. The van der Waals surface area contributed by atoms with Crippen LogP contribution in [0.15, 0.2) is 35.7 Å². The lowest BCUT2D eigenvalue weighted by molar-refractivity contribution is 1.03. The minimum absolute atomic E-state index is 0.843. The van der Waals surface area contributed by atoms with E-state index in [1.807, 2.05) is 12.1 Å². The third-order valence-corrected chi connectivity index (χ3v) is 3.90. The first-order valence-electron chi connectivity index (χ1n) is 6.34. The Balaban J connectivity index is 2.24. The van der Waals surface area contributed by atoms with Gasteiger partial charge in [0.2, 0.25) is 0 Å². The number of anilines is 1. The summed E-state index contributed by atoms with van der Waals surface area (Å²) in [7, 11) is 0. The molecule has 96 valence electrons. The lowest BCUT2D eigenvalue weighted by Crippen LogP contribution is -2.02. The molecule has 19 heavy (non-hydrogen) atoms. The third-order valence-electron chi connectivity index (χ3n) is 3.04. The van der Waals surface area contributed by atoms with Crippen LogP contribution in [-0.2, 0) is 0 Å². The van der Waals surface area contributed by atoms with Crippen molar-refractivity contribution in [3.05, 3.63) is 40.6 Å². The zero-order chi connectivity index (χ0) is 13.2. The largest absolute Gasteiger partial charge is 0.368 e. The minimum atomic E-state index is 0.843. The summed E-state index contributed by atoms with van der Waals surface area (Å²) < 4.78 is 0. The van der Waals surface area contributed by atoms with Crippen molar-refractivity contribution < 1.29 is 0 Å². The number of rotatable bonds is 3. The fourth-order valence-electron chi connectivity index (χ4n) is 2.18. The van der Waals surface area contributed by atoms with Crippen LogP contribution in [0.1, 0.15) is 11.8 Å². The molecule has 0 fully saturated rings. The number of thiophene rings is 1. The molecule has 0 aliphatic heterocycles. The Morgan fingerprint density at radius 1 is 1.16 bits per heavy atom. The van der Waals surface area contributed by atoms with Crippen LogP contribution < -0.4 is 5.32 Å². The van der Waals surface area contributed by atoms with Gasteiger partial charge in [-0.2, -0.15) is 0 Å². The highest BCUT2D eigenvalue weighted by Gasteiger charge is 2.11. The van der Waals surface area contributed by atoms with Gasteiger partial charge >= 0.3 is 0 Å². The van der Waals surface area contributed by atoms with Crippen LogP contribution in [0.25, 0.3) is 22.0 Å². The van der Waals surface area contributed by atoms with Crippen LogP contribution >= 0.6 is 11.3 Å². The highest BCUT2D eigenvalue weighted by Crippen LogP contribution is 2.31. The summed E-state index contributed by atoms with van der Waals surface area (Å²) >= 11 is 1.74. The standard InChI is InChI=1S/C15H15N3S/c1-3-16-15-13-7-5-4-6-12(13)14(17-18-15)11-8-10(2)19-9-11/h4-9H,3H2,1-2H3,(H,16,18). The van der Waals surface area contributed by atoms with Crippen molar-refractivity contribution in [3.8, 4) is 11.3 Å². The molecule has 4 heteroatoms. The molecule has 0 spiro atoms. The predicted molar refractivity (Wildman–Crippen MR) is 81.8 cm³/mol. The second kappa shape index (κ2) is 4.97. The van der Waals surface area contributed by atoms with Crippen LogP contribution in [0.4, 0.5) is 5.82 Å². The van der Waals surface area contributed by atoms with E-state index in [4.69, 9.17) is 0 Å². The molecule has 0 bridgehead atoms. The monoisotopic (exact) mass is 269 g/mol. The van der Waals surface area contributed by atoms with Crippen molar-refractivity contribution in [2.45, 2.75) is 13.8 Å². The van der Waals surface area contributed by atoms with Gasteiger partial charge in [-0.25, -0.2) is 0 Å². The number of fused-ring (bicyclic) bond motifs is 1. The van der Waals surface area contributed by atoms with Crippen molar-refractivity contribution in [3.63, 3.8) is 0 Å². The first kappa shape index (κ1) is 12.1. The number of benzene rings is 1. The van der Waals surface area contributed by atoms with Gasteiger partial charge in [0.15, 0.2) is 5.82 Å². The highest BCUT2D eigenvalue weighted by atomic mass is 32.1. The SMILES string of the molecule is CCNc1nnc(-c2csc(C)c2)c2ccccc12. The first-order valence-corrected chi connectivity index (χ1v) is 7.22. The number of hydrogen-bond acceptors (Lipinski definition) is 4. The van der Waals surface area contributed by atoms with Crippen molar-refractivity contribution >= 4 is 27.9 Å². The zero-order valence-electron chi connectivity index (χ0n) is 11.0. The van der Waals surface area contributed by atoms with E-state index in [1.54, 1.807) is 11.3 Å². The molecule has 2 aromatic heterocycles. The van der Waals surface area contributed by atoms with E-state index in [0.29, 0.717) is 0 Å². The number of aryl methyl sites for hydroxylation is 1. The maximum Gasteiger partial charge on any atom is 0.156 e. The molecule has 0 saturated carbocycles. The smallest absolute Gasteiger partial charge is 0.156 e. The highest BCUT2D eigenvalue weighted by molar-refractivity contribution is 7.10. The normalized spacial score (nSPS) is 10.8. The number of hydrogen-bond donors (Lipinski definition) is 1. The molecule has 0 atom stereocenters. The van der Waals surface area contributed by atoms with Crippen molar-refractivity contribution in [2.24, 2.45) is 0 Å². The second-order valence-electron chi connectivity index (χ2n) is 4.42. The summed E-state index contributed by atoms with van der Waals surface area (Å²) in [6.45, 7) is 5.01. The molecule has 0 radical (unpaired) electrons. The Hall–Kier alpha value is -1.94. The summed E-state index contributed by atoms with van der Waals surface area (Å²) in [5.41, 5.74) is 2.11.